The van der Waals surface area contributed by atoms with Crippen LogP contribution in [0.1, 0.15) is 23.1 Å². The standard InChI is InChI=1S/C20H14Cl2N4O2/c21-12-6-4-11(5-7-12)10-26-18-14(9-23-26)20(8-16(27)24-18)13-2-1-3-15(22)17(13)25-19(20)28/h1-7,9H,8,10H2,(H,24,27)(H,25,28)/t20-/m0/s1. The summed E-state index contributed by atoms with van der Waals surface area (Å²) < 4.78 is 1.69. The van der Waals surface area contributed by atoms with Crippen LogP contribution in [0.15, 0.2) is 48.7 Å². The first kappa shape index (κ1) is 17.3. The minimum absolute atomic E-state index is 0.00577. The van der Waals surface area contributed by atoms with E-state index >= 15 is 0 Å². The zero-order valence-corrected chi connectivity index (χ0v) is 16.0. The maximum absolute atomic E-state index is 13.1. The smallest absolute Gasteiger partial charge is 0.240 e. The third-order valence-electron chi connectivity index (χ3n) is 5.33. The summed E-state index contributed by atoms with van der Waals surface area (Å²) in [6.07, 6.45) is 1.66. The van der Waals surface area contributed by atoms with Gasteiger partial charge in [0.1, 0.15) is 11.2 Å². The van der Waals surface area contributed by atoms with E-state index in [9.17, 15) is 9.59 Å². The van der Waals surface area contributed by atoms with Crippen LogP contribution >= 0.6 is 23.2 Å². The number of nitrogens with zero attached hydrogens (tertiary/aromatic N) is 2. The molecule has 8 heteroatoms. The molecule has 1 aromatic heterocycles. The van der Waals surface area contributed by atoms with E-state index in [1.165, 1.54) is 0 Å². The van der Waals surface area contributed by atoms with Crippen LogP contribution in [-0.2, 0) is 21.5 Å². The lowest BCUT2D eigenvalue weighted by Gasteiger charge is -2.31. The Morgan fingerprint density at radius 2 is 1.82 bits per heavy atom. The Hall–Kier alpha value is -2.83. The van der Waals surface area contributed by atoms with Crippen LogP contribution in [0, 0.1) is 0 Å². The maximum atomic E-state index is 13.1. The van der Waals surface area contributed by atoms with Crippen molar-refractivity contribution >= 4 is 46.5 Å². The Balaban J connectivity index is 1.65. The topological polar surface area (TPSA) is 76.0 Å². The van der Waals surface area contributed by atoms with Gasteiger partial charge in [-0.15, -0.1) is 0 Å². The molecule has 0 unspecified atom stereocenters. The monoisotopic (exact) mass is 412 g/mol. The number of hydrogen-bond donors (Lipinski definition) is 2. The molecule has 1 spiro atoms. The second kappa shape index (κ2) is 6.09. The SMILES string of the molecule is O=C1C[C@@]2(C(=O)Nc3c(Cl)cccc32)c2cnn(Cc3ccc(Cl)cc3)c2N1. The van der Waals surface area contributed by atoms with Crippen LogP contribution in [0.5, 0.6) is 0 Å². The number of amides is 2. The van der Waals surface area contributed by atoms with Crippen molar-refractivity contribution in [2.45, 2.75) is 18.4 Å². The second-order valence-corrected chi connectivity index (χ2v) is 7.78. The lowest BCUT2D eigenvalue weighted by Crippen LogP contribution is -2.43. The van der Waals surface area contributed by atoms with Gasteiger partial charge in [0.2, 0.25) is 11.8 Å². The third-order valence-corrected chi connectivity index (χ3v) is 5.89. The van der Waals surface area contributed by atoms with E-state index in [1.54, 1.807) is 35.1 Å². The molecule has 5 rings (SSSR count). The molecule has 2 aliphatic heterocycles. The van der Waals surface area contributed by atoms with Gasteiger partial charge in [0.25, 0.3) is 0 Å². The molecule has 2 N–H and O–H groups in total. The van der Waals surface area contributed by atoms with Crippen molar-refractivity contribution in [3.63, 3.8) is 0 Å². The Kier molecular flexibility index (Phi) is 3.76. The molecule has 3 heterocycles. The highest BCUT2D eigenvalue weighted by Crippen LogP contribution is 2.51. The molecule has 0 aliphatic carbocycles. The first-order valence-corrected chi connectivity index (χ1v) is 9.45. The summed E-state index contributed by atoms with van der Waals surface area (Å²) in [5.74, 6) is 0.0141. The zero-order chi connectivity index (χ0) is 19.5. The number of aromatic nitrogens is 2. The first-order chi connectivity index (χ1) is 13.5. The molecule has 2 aromatic carbocycles. The second-order valence-electron chi connectivity index (χ2n) is 6.94. The minimum Gasteiger partial charge on any atom is -0.323 e. The summed E-state index contributed by atoms with van der Waals surface area (Å²) in [6.45, 7) is 0.437. The fourth-order valence-electron chi connectivity index (χ4n) is 4.02. The molecule has 28 heavy (non-hydrogen) atoms. The van der Waals surface area contributed by atoms with Gasteiger partial charge in [0.05, 0.1) is 23.5 Å². The van der Waals surface area contributed by atoms with E-state index in [1.807, 2.05) is 18.2 Å². The number of halogens is 2. The number of anilines is 2. The summed E-state index contributed by atoms with van der Waals surface area (Å²) in [6, 6.07) is 12.7. The summed E-state index contributed by atoms with van der Waals surface area (Å²) in [7, 11) is 0. The van der Waals surface area contributed by atoms with E-state index in [-0.39, 0.29) is 18.2 Å². The maximum Gasteiger partial charge on any atom is 0.240 e. The van der Waals surface area contributed by atoms with E-state index in [4.69, 9.17) is 23.2 Å². The van der Waals surface area contributed by atoms with Crippen molar-refractivity contribution in [3.8, 4) is 0 Å². The fourth-order valence-corrected chi connectivity index (χ4v) is 4.36. The number of hydrogen-bond acceptors (Lipinski definition) is 3. The molecule has 0 fully saturated rings. The van der Waals surface area contributed by atoms with Gasteiger partial charge >= 0.3 is 0 Å². The van der Waals surface area contributed by atoms with E-state index in [0.29, 0.717) is 39.2 Å². The van der Waals surface area contributed by atoms with Gasteiger partial charge < -0.3 is 10.6 Å². The van der Waals surface area contributed by atoms with Crippen molar-refractivity contribution in [2.75, 3.05) is 10.6 Å². The van der Waals surface area contributed by atoms with Crippen LogP contribution in [0.4, 0.5) is 11.5 Å². The predicted octanol–water partition coefficient (Wildman–Crippen LogP) is 3.82. The number of nitrogens with one attached hydrogen (secondary N) is 2. The highest BCUT2D eigenvalue weighted by Gasteiger charge is 2.54. The fraction of sp³-hybridized carbons (Fsp3) is 0.150. The Labute approximate surface area is 170 Å². The van der Waals surface area contributed by atoms with E-state index in [0.717, 1.165) is 5.56 Å². The summed E-state index contributed by atoms with van der Waals surface area (Å²) in [5, 5.41) is 11.3. The van der Waals surface area contributed by atoms with E-state index < -0.39 is 5.41 Å². The van der Waals surface area contributed by atoms with Crippen LogP contribution in [0.2, 0.25) is 10.0 Å². The number of carbonyl (C=O) groups is 2. The van der Waals surface area contributed by atoms with Gasteiger partial charge in [0, 0.05) is 17.0 Å². The molecule has 0 bridgehead atoms. The number of fused-ring (bicyclic) bond motifs is 4. The van der Waals surface area contributed by atoms with Gasteiger partial charge in [-0.2, -0.15) is 5.10 Å². The van der Waals surface area contributed by atoms with E-state index in [2.05, 4.69) is 15.7 Å². The van der Waals surface area contributed by atoms with Gasteiger partial charge in [-0.05, 0) is 29.3 Å². The molecule has 140 valence electrons. The van der Waals surface area contributed by atoms with Crippen LogP contribution in [0.25, 0.3) is 0 Å². The molecule has 2 aliphatic rings. The summed E-state index contributed by atoms with van der Waals surface area (Å²) in [4.78, 5) is 25.7. The minimum atomic E-state index is -1.13. The Morgan fingerprint density at radius 1 is 1.04 bits per heavy atom. The van der Waals surface area contributed by atoms with Crippen molar-refractivity contribution < 1.29 is 9.59 Å². The molecular weight excluding hydrogens is 399 g/mol. The zero-order valence-electron chi connectivity index (χ0n) is 14.5. The quantitative estimate of drug-likeness (QED) is 0.671. The van der Waals surface area contributed by atoms with Gasteiger partial charge in [0.15, 0.2) is 0 Å². The number of carbonyl (C=O) groups excluding carboxylic acids is 2. The Morgan fingerprint density at radius 3 is 2.61 bits per heavy atom. The third kappa shape index (κ3) is 2.38. The molecular formula is C20H14Cl2N4O2. The molecule has 6 nitrogen and oxygen atoms in total. The van der Waals surface area contributed by atoms with Crippen molar-refractivity contribution in [1.29, 1.82) is 0 Å². The number of para-hydroxylation sites is 1. The average Bonchev–Trinajstić information content (AvgIpc) is 3.19. The van der Waals surface area contributed by atoms with Crippen molar-refractivity contribution in [3.05, 3.63) is 75.4 Å². The normalized spacial score (nSPS) is 19.9. The van der Waals surface area contributed by atoms with Crippen molar-refractivity contribution in [1.82, 2.24) is 9.78 Å². The number of rotatable bonds is 2. The predicted molar refractivity (Wildman–Crippen MR) is 107 cm³/mol. The Bertz CT molecular complexity index is 1140. The molecule has 0 saturated carbocycles. The summed E-state index contributed by atoms with van der Waals surface area (Å²) in [5.41, 5.74) is 1.77. The lowest BCUT2D eigenvalue weighted by atomic mass is 9.72. The summed E-state index contributed by atoms with van der Waals surface area (Å²) >= 11 is 12.2. The number of benzene rings is 2. The van der Waals surface area contributed by atoms with Gasteiger partial charge in [-0.25, -0.2) is 4.68 Å². The van der Waals surface area contributed by atoms with Crippen LogP contribution in [-0.4, -0.2) is 21.6 Å². The average molecular weight is 413 g/mol. The lowest BCUT2D eigenvalue weighted by molar-refractivity contribution is -0.125. The molecule has 3 aromatic rings. The molecule has 0 radical (unpaired) electrons. The highest BCUT2D eigenvalue weighted by molar-refractivity contribution is 6.35. The molecule has 1 atom stereocenters. The molecule has 0 saturated heterocycles. The van der Waals surface area contributed by atoms with Crippen LogP contribution in [0.3, 0.4) is 0 Å². The first-order valence-electron chi connectivity index (χ1n) is 8.70. The molecule has 2 amide bonds. The van der Waals surface area contributed by atoms with Gasteiger partial charge in [-0.1, -0.05) is 47.5 Å². The van der Waals surface area contributed by atoms with Gasteiger partial charge in [-0.3, -0.25) is 9.59 Å². The largest absolute Gasteiger partial charge is 0.323 e. The highest BCUT2D eigenvalue weighted by atomic mass is 35.5. The van der Waals surface area contributed by atoms with Crippen molar-refractivity contribution in [2.24, 2.45) is 0 Å². The van der Waals surface area contributed by atoms with Crippen LogP contribution < -0.4 is 10.6 Å².